The summed E-state index contributed by atoms with van der Waals surface area (Å²) < 4.78 is 41.2. The molecule has 0 bridgehead atoms. The van der Waals surface area contributed by atoms with Crippen LogP contribution in [0.4, 0.5) is 26.2 Å². The van der Waals surface area contributed by atoms with Gasteiger partial charge < -0.3 is 15.1 Å². The number of thiophene rings is 1. The van der Waals surface area contributed by atoms with E-state index < -0.39 is 21.9 Å². The van der Waals surface area contributed by atoms with Gasteiger partial charge in [0, 0.05) is 37.5 Å². The maximum absolute atomic E-state index is 14.6. The Morgan fingerprint density at radius 2 is 1.81 bits per heavy atom. The summed E-state index contributed by atoms with van der Waals surface area (Å²) in [5.74, 6) is -1.18. The first kappa shape index (κ1) is 25.6. The van der Waals surface area contributed by atoms with Crippen molar-refractivity contribution in [3.05, 3.63) is 69.8 Å². The minimum atomic E-state index is -4.06. The quantitative estimate of drug-likeness (QED) is 0.491. The van der Waals surface area contributed by atoms with Crippen LogP contribution in [0.3, 0.4) is 0 Å². The van der Waals surface area contributed by atoms with E-state index in [9.17, 15) is 27.2 Å². The Balaban J connectivity index is 1.45. The van der Waals surface area contributed by atoms with Gasteiger partial charge in [0.05, 0.1) is 16.6 Å². The lowest BCUT2D eigenvalue weighted by atomic mass is 9.96. The van der Waals surface area contributed by atoms with E-state index in [1.54, 1.807) is 29.2 Å². The van der Waals surface area contributed by atoms with Crippen LogP contribution < -0.4 is 19.8 Å². The van der Waals surface area contributed by atoms with Crippen LogP contribution in [0.2, 0.25) is 4.34 Å². The number of nitrogens with zero attached hydrogens (tertiary/aromatic N) is 2. The number of benzene rings is 2. The summed E-state index contributed by atoms with van der Waals surface area (Å²) in [4.78, 5) is 39.5. The number of hydrogen-bond donors (Lipinski definition) is 2. The minimum absolute atomic E-state index is 0.0384. The zero-order chi connectivity index (χ0) is 26.2. The number of carbonyl (C=O) groups excluding carboxylic acids is 3. The summed E-state index contributed by atoms with van der Waals surface area (Å²) in [5.41, 5.74) is 1.86. The van der Waals surface area contributed by atoms with Gasteiger partial charge in [-0.1, -0.05) is 11.6 Å². The van der Waals surface area contributed by atoms with Gasteiger partial charge in [0.25, 0.3) is 10.0 Å². The highest BCUT2D eigenvalue weighted by atomic mass is 35.5. The zero-order valence-electron chi connectivity index (χ0n) is 19.0. The zero-order valence-corrected chi connectivity index (χ0v) is 21.4. The van der Waals surface area contributed by atoms with Gasteiger partial charge in [-0.05, 0) is 54.1 Å². The van der Waals surface area contributed by atoms with Gasteiger partial charge in [-0.2, -0.15) is 0 Å². The standard InChI is InChI=1S/C23H20ClFN4O5S2/c1-13(30)28(2)19-10-17-14(9-18(19)25)11-29(12-20(17)31)16-5-3-15(4-6-16)26-23(32)27-36(33,34)22-8-7-21(24)35-22/h3-10H,11-12H2,1-2H3,(H2,26,27,32). The van der Waals surface area contributed by atoms with E-state index >= 15 is 0 Å². The monoisotopic (exact) mass is 550 g/mol. The van der Waals surface area contributed by atoms with Gasteiger partial charge in [0.2, 0.25) is 5.91 Å². The van der Waals surface area contributed by atoms with E-state index in [2.05, 4.69) is 5.32 Å². The van der Waals surface area contributed by atoms with Crippen LogP contribution in [0, 0.1) is 5.82 Å². The number of fused-ring (bicyclic) bond motifs is 1. The number of amides is 3. The molecule has 1 aliphatic rings. The molecule has 2 heterocycles. The van der Waals surface area contributed by atoms with Crippen molar-refractivity contribution in [3.8, 4) is 0 Å². The molecule has 0 saturated heterocycles. The Labute approximate surface area is 215 Å². The molecule has 0 radical (unpaired) electrons. The van der Waals surface area contributed by atoms with Crippen molar-refractivity contribution in [2.24, 2.45) is 0 Å². The average Bonchev–Trinajstić information content (AvgIpc) is 3.25. The highest BCUT2D eigenvalue weighted by Crippen LogP contribution is 2.30. The number of ketones is 1. The van der Waals surface area contributed by atoms with Crippen molar-refractivity contribution < 1.29 is 27.2 Å². The number of anilines is 3. The van der Waals surface area contributed by atoms with Crippen LogP contribution in [0.1, 0.15) is 22.8 Å². The molecule has 1 aromatic heterocycles. The molecule has 0 fully saturated rings. The second kappa shape index (κ2) is 9.88. The molecule has 2 aromatic carbocycles. The predicted molar refractivity (Wildman–Crippen MR) is 136 cm³/mol. The molecule has 3 aromatic rings. The van der Waals surface area contributed by atoms with E-state index in [-0.39, 0.29) is 39.0 Å². The Morgan fingerprint density at radius 3 is 2.42 bits per heavy atom. The molecule has 2 N–H and O–H groups in total. The van der Waals surface area contributed by atoms with Crippen LogP contribution in [0.15, 0.2) is 52.7 Å². The maximum atomic E-state index is 14.6. The molecule has 0 aliphatic carbocycles. The second-order valence-corrected chi connectivity index (χ2v) is 11.6. The van der Waals surface area contributed by atoms with E-state index in [1.807, 2.05) is 4.72 Å². The molecule has 0 saturated carbocycles. The number of halogens is 2. The molecule has 3 amide bonds. The lowest BCUT2D eigenvalue weighted by Crippen LogP contribution is -2.36. The molecular weight excluding hydrogens is 531 g/mol. The molecule has 4 rings (SSSR count). The minimum Gasteiger partial charge on any atom is -0.359 e. The summed E-state index contributed by atoms with van der Waals surface area (Å²) in [6.45, 7) is 1.61. The van der Waals surface area contributed by atoms with Crippen molar-refractivity contribution in [2.45, 2.75) is 17.7 Å². The molecule has 0 atom stereocenters. The molecular formula is C23H20ClFN4O5S2. The summed E-state index contributed by atoms with van der Waals surface area (Å²) in [7, 11) is -2.62. The van der Waals surface area contributed by atoms with Gasteiger partial charge in [-0.3, -0.25) is 9.59 Å². The molecule has 0 spiro atoms. The number of Topliss-reactive ketones (excluding diaryl/α,β-unsaturated/α-hetero) is 1. The normalized spacial score (nSPS) is 13.2. The topological polar surface area (TPSA) is 116 Å². The number of carbonyl (C=O) groups is 3. The summed E-state index contributed by atoms with van der Waals surface area (Å²) in [6.07, 6.45) is 0. The van der Waals surface area contributed by atoms with E-state index in [0.29, 0.717) is 22.5 Å². The van der Waals surface area contributed by atoms with Crippen LogP contribution in [-0.4, -0.2) is 39.7 Å². The molecule has 36 heavy (non-hydrogen) atoms. The second-order valence-electron chi connectivity index (χ2n) is 7.98. The molecule has 13 heteroatoms. The van der Waals surface area contributed by atoms with Crippen molar-refractivity contribution in [1.82, 2.24) is 4.72 Å². The first-order valence-electron chi connectivity index (χ1n) is 10.5. The fourth-order valence-electron chi connectivity index (χ4n) is 3.65. The lowest BCUT2D eigenvalue weighted by molar-refractivity contribution is -0.116. The fraction of sp³-hybridized carbons (Fsp3) is 0.174. The average molecular weight is 551 g/mol. The van der Waals surface area contributed by atoms with Crippen molar-refractivity contribution in [1.29, 1.82) is 0 Å². The van der Waals surface area contributed by atoms with E-state index in [0.717, 1.165) is 16.2 Å². The molecule has 0 unspecified atom stereocenters. The van der Waals surface area contributed by atoms with Crippen LogP contribution in [0.5, 0.6) is 0 Å². The van der Waals surface area contributed by atoms with Gasteiger partial charge in [-0.15, -0.1) is 11.3 Å². The third-order valence-corrected chi connectivity index (χ3v) is 8.59. The van der Waals surface area contributed by atoms with Gasteiger partial charge in [0.15, 0.2) is 5.78 Å². The molecule has 9 nitrogen and oxygen atoms in total. The summed E-state index contributed by atoms with van der Waals surface area (Å²) in [6, 6.07) is 10.8. The number of sulfonamides is 1. The van der Waals surface area contributed by atoms with Crippen LogP contribution >= 0.6 is 22.9 Å². The fourth-order valence-corrected chi connectivity index (χ4v) is 6.04. The Hall–Kier alpha value is -3.48. The third-order valence-electron chi connectivity index (χ3n) is 5.53. The maximum Gasteiger partial charge on any atom is 0.333 e. The molecule has 1 aliphatic heterocycles. The SMILES string of the molecule is CC(=O)N(C)c1cc2c(cc1F)CN(c1ccc(NC(=O)NS(=O)(=O)c3ccc(Cl)s3)cc1)CC2=O. The van der Waals surface area contributed by atoms with Gasteiger partial charge in [0.1, 0.15) is 10.0 Å². The van der Waals surface area contributed by atoms with Crippen LogP contribution in [0.25, 0.3) is 0 Å². The highest BCUT2D eigenvalue weighted by molar-refractivity contribution is 7.92. The first-order chi connectivity index (χ1) is 16.9. The molecule has 188 valence electrons. The smallest absolute Gasteiger partial charge is 0.333 e. The van der Waals surface area contributed by atoms with Crippen molar-refractivity contribution in [2.75, 3.05) is 28.7 Å². The van der Waals surface area contributed by atoms with Crippen molar-refractivity contribution in [3.63, 3.8) is 0 Å². The predicted octanol–water partition coefficient (Wildman–Crippen LogP) is 4.24. The Kier molecular flexibility index (Phi) is 7.03. The van der Waals surface area contributed by atoms with E-state index in [4.69, 9.17) is 11.6 Å². The number of hydrogen-bond acceptors (Lipinski definition) is 7. The van der Waals surface area contributed by atoms with Crippen LogP contribution in [-0.2, 0) is 21.4 Å². The largest absolute Gasteiger partial charge is 0.359 e. The Bertz CT molecular complexity index is 1470. The summed E-state index contributed by atoms with van der Waals surface area (Å²) in [5, 5.41) is 2.44. The number of rotatable bonds is 5. The summed E-state index contributed by atoms with van der Waals surface area (Å²) >= 11 is 6.58. The lowest BCUT2D eigenvalue weighted by Gasteiger charge is -2.31. The van der Waals surface area contributed by atoms with Crippen molar-refractivity contribution >= 4 is 67.7 Å². The third kappa shape index (κ3) is 5.35. The Morgan fingerprint density at radius 1 is 1.11 bits per heavy atom. The van der Waals surface area contributed by atoms with Gasteiger partial charge >= 0.3 is 6.03 Å². The van der Waals surface area contributed by atoms with E-state index in [1.165, 1.54) is 38.2 Å². The first-order valence-corrected chi connectivity index (χ1v) is 13.2. The highest BCUT2D eigenvalue weighted by Gasteiger charge is 2.27. The number of nitrogens with one attached hydrogen (secondary N) is 2. The number of urea groups is 1. The van der Waals surface area contributed by atoms with Gasteiger partial charge in [-0.25, -0.2) is 22.3 Å².